The van der Waals surface area contributed by atoms with Crippen molar-refractivity contribution in [2.24, 2.45) is 0 Å². The maximum Gasteiger partial charge on any atom is 0.435 e. The minimum absolute atomic E-state index is 0.136. The fraction of sp³-hybridized carbons (Fsp3) is 0.462. The molecule has 0 unspecified atom stereocenters. The molecule has 0 bridgehead atoms. The van der Waals surface area contributed by atoms with Crippen molar-refractivity contribution in [3.8, 4) is 0 Å². The van der Waals surface area contributed by atoms with Crippen molar-refractivity contribution in [1.29, 1.82) is 0 Å². The molecule has 0 fully saturated rings. The van der Waals surface area contributed by atoms with Crippen LogP contribution >= 0.6 is 11.3 Å². The van der Waals surface area contributed by atoms with Gasteiger partial charge in [0.05, 0.1) is 5.69 Å². The minimum Gasteiger partial charge on any atom is -0.300 e. The zero-order chi connectivity index (χ0) is 16.5. The van der Waals surface area contributed by atoms with Gasteiger partial charge < -0.3 is 5.32 Å². The van der Waals surface area contributed by atoms with Crippen molar-refractivity contribution in [3.63, 3.8) is 0 Å². The Balaban J connectivity index is 1.99. The van der Waals surface area contributed by atoms with Crippen LogP contribution in [0, 0.1) is 0 Å². The van der Waals surface area contributed by atoms with Crippen molar-refractivity contribution in [2.75, 3.05) is 5.32 Å². The van der Waals surface area contributed by atoms with E-state index in [1.807, 2.05) is 26.2 Å². The molecule has 2 aromatic heterocycles. The van der Waals surface area contributed by atoms with Gasteiger partial charge in [0.2, 0.25) is 5.91 Å². The van der Waals surface area contributed by atoms with Gasteiger partial charge in [0, 0.05) is 17.0 Å². The lowest BCUT2D eigenvalue weighted by Gasteiger charge is -2.14. The highest BCUT2D eigenvalue weighted by Gasteiger charge is 2.33. The summed E-state index contributed by atoms with van der Waals surface area (Å²) in [6.07, 6.45) is -3.40. The van der Waals surface area contributed by atoms with E-state index in [-0.39, 0.29) is 12.0 Å². The number of carbonyl (C=O) groups is 1. The lowest BCUT2D eigenvalue weighted by atomic mass is 9.93. The molecule has 0 aliphatic rings. The molecule has 0 aliphatic heterocycles. The van der Waals surface area contributed by atoms with E-state index < -0.39 is 17.8 Å². The molecule has 1 N–H and O–H groups in total. The van der Waals surface area contributed by atoms with Crippen LogP contribution in [0.1, 0.15) is 32.2 Å². The Labute approximate surface area is 129 Å². The average Bonchev–Trinajstić information content (AvgIpc) is 2.96. The number of anilines is 1. The number of aromatic nitrogens is 3. The van der Waals surface area contributed by atoms with E-state index >= 15 is 0 Å². The summed E-state index contributed by atoms with van der Waals surface area (Å²) < 4.78 is 38.2. The van der Waals surface area contributed by atoms with Crippen LogP contribution in [0.3, 0.4) is 0 Å². The van der Waals surface area contributed by atoms with Gasteiger partial charge in [0.1, 0.15) is 6.54 Å². The van der Waals surface area contributed by atoms with Gasteiger partial charge in [-0.05, 0) is 6.07 Å². The molecule has 0 atom stereocenters. The molecule has 2 rings (SSSR count). The molecule has 2 heterocycles. The van der Waals surface area contributed by atoms with E-state index in [1.165, 1.54) is 11.3 Å². The predicted octanol–water partition coefficient (Wildman–Crippen LogP) is 3.29. The molecule has 2 aromatic rings. The Hall–Kier alpha value is -1.90. The third kappa shape index (κ3) is 4.06. The molecular formula is C13H15F3N4OS. The summed E-state index contributed by atoms with van der Waals surface area (Å²) >= 11 is 1.27. The molecule has 120 valence electrons. The predicted molar refractivity (Wildman–Crippen MR) is 76.7 cm³/mol. The Morgan fingerprint density at radius 2 is 2.00 bits per heavy atom. The largest absolute Gasteiger partial charge is 0.435 e. The van der Waals surface area contributed by atoms with Gasteiger partial charge >= 0.3 is 6.18 Å². The Bertz CT molecular complexity index is 613. The molecule has 0 aromatic carbocycles. The monoisotopic (exact) mass is 332 g/mol. The van der Waals surface area contributed by atoms with E-state index in [1.54, 1.807) is 0 Å². The second-order valence-corrected chi connectivity index (χ2v) is 6.59. The number of halogens is 3. The third-order valence-electron chi connectivity index (χ3n) is 2.76. The quantitative estimate of drug-likeness (QED) is 0.938. The van der Waals surface area contributed by atoms with Gasteiger partial charge in [-0.3, -0.25) is 9.48 Å². The second kappa shape index (κ2) is 5.71. The SMILES string of the molecule is CC(C)(C)c1csc(NC(=O)Cn2ccc(C(F)(F)F)n2)n1. The molecule has 0 radical (unpaired) electrons. The van der Waals surface area contributed by atoms with Crippen LogP contribution in [0.4, 0.5) is 18.3 Å². The Morgan fingerprint density at radius 3 is 2.50 bits per heavy atom. The smallest absolute Gasteiger partial charge is 0.300 e. The van der Waals surface area contributed by atoms with Crippen LogP contribution in [-0.4, -0.2) is 20.7 Å². The topological polar surface area (TPSA) is 59.8 Å². The lowest BCUT2D eigenvalue weighted by Crippen LogP contribution is -2.20. The molecule has 0 saturated carbocycles. The first-order chi connectivity index (χ1) is 10.1. The second-order valence-electron chi connectivity index (χ2n) is 5.73. The first kappa shape index (κ1) is 16.5. The van der Waals surface area contributed by atoms with Gasteiger partial charge in [-0.25, -0.2) is 4.98 Å². The van der Waals surface area contributed by atoms with Gasteiger partial charge in [0.15, 0.2) is 10.8 Å². The highest BCUT2D eigenvalue weighted by Crippen LogP contribution is 2.27. The van der Waals surface area contributed by atoms with Crippen molar-refractivity contribution >= 4 is 22.4 Å². The van der Waals surface area contributed by atoms with Crippen molar-refractivity contribution in [2.45, 2.75) is 38.9 Å². The summed E-state index contributed by atoms with van der Waals surface area (Å²) in [4.78, 5) is 16.1. The summed E-state index contributed by atoms with van der Waals surface area (Å²) in [5, 5.41) is 8.13. The maximum absolute atomic E-state index is 12.4. The standard InChI is InChI=1S/C13H15F3N4OS/c1-12(2,3)9-7-22-11(17-9)18-10(21)6-20-5-4-8(19-20)13(14,15)16/h4-5,7H,6H2,1-3H3,(H,17,18,21). The first-order valence-corrected chi connectivity index (χ1v) is 7.30. The zero-order valence-corrected chi connectivity index (χ0v) is 13.0. The highest BCUT2D eigenvalue weighted by atomic mass is 32.1. The van der Waals surface area contributed by atoms with E-state index in [2.05, 4.69) is 15.4 Å². The van der Waals surface area contributed by atoms with Crippen LogP contribution in [0.25, 0.3) is 0 Å². The fourth-order valence-corrected chi connectivity index (χ4v) is 2.54. The number of amides is 1. The van der Waals surface area contributed by atoms with E-state index in [4.69, 9.17) is 0 Å². The van der Waals surface area contributed by atoms with Gasteiger partial charge in [-0.2, -0.15) is 18.3 Å². The summed E-state index contributed by atoms with van der Waals surface area (Å²) in [6.45, 7) is 5.68. The zero-order valence-electron chi connectivity index (χ0n) is 12.2. The lowest BCUT2D eigenvalue weighted by molar-refractivity contribution is -0.141. The van der Waals surface area contributed by atoms with Crippen LogP contribution in [0.5, 0.6) is 0 Å². The molecule has 22 heavy (non-hydrogen) atoms. The summed E-state index contributed by atoms with van der Waals surface area (Å²) in [5.41, 5.74) is -0.320. The molecule has 1 amide bonds. The number of nitrogens with zero attached hydrogens (tertiary/aromatic N) is 3. The van der Waals surface area contributed by atoms with Crippen LogP contribution < -0.4 is 5.32 Å². The number of thiazole rings is 1. The number of alkyl halides is 3. The molecular weight excluding hydrogens is 317 g/mol. The molecule has 9 heteroatoms. The average molecular weight is 332 g/mol. The highest BCUT2D eigenvalue weighted by molar-refractivity contribution is 7.13. The van der Waals surface area contributed by atoms with Crippen LogP contribution in [-0.2, 0) is 22.9 Å². The van der Waals surface area contributed by atoms with E-state index in [9.17, 15) is 18.0 Å². The molecule has 0 spiro atoms. The Morgan fingerprint density at radius 1 is 1.32 bits per heavy atom. The summed E-state index contributed by atoms with van der Waals surface area (Å²) in [7, 11) is 0. The first-order valence-electron chi connectivity index (χ1n) is 6.42. The van der Waals surface area contributed by atoms with Crippen LogP contribution in [0.2, 0.25) is 0 Å². The normalized spacial score (nSPS) is 12.5. The van der Waals surface area contributed by atoms with Crippen molar-refractivity contribution in [1.82, 2.24) is 14.8 Å². The van der Waals surface area contributed by atoms with E-state index in [0.29, 0.717) is 5.13 Å². The third-order valence-corrected chi connectivity index (χ3v) is 3.51. The summed E-state index contributed by atoms with van der Waals surface area (Å²) in [5.74, 6) is -0.480. The van der Waals surface area contributed by atoms with Crippen molar-refractivity contribution in [3.05, 3.63) is 29.0 Å². The van der Waals surface area contributed by atoms with Gasteiger partial charge in [-0.1, -0.05) is 20.8 Å². The molecule has 0 saturated heterocycles. The number of hydrogen-bond donors (Lipinski definition) is 1. The molecule has 0 aliphatic carbocycles. The molecule has 5 nitrogen and oxygen atoms in total. The maximum atomic E-state index is 12.4. The number of rotatable bonds is 3. The number of nitrogens with one attached hydrogen (secondary N) is 1. The minimum atomic E-state index is -4.52. The Kier molecular flexibility index (Phi) is 4.28. The number of hydrogen-bond acceptors (Lipinski definition) is 4. The number of carbonyl (C=O) groups excluding carboxylic acids is 1. The van der Waals surface area contributed by atoms with Crippen LogP contribution in [0.15, 0.2) is 17.6 Å². The van der Waals surface area contributed by atoms with Gasteiger partial charge in [0.25, 0.3) is 0 Å². The fourth-order valence-electron chi connectivity index (χ4n) is 1.58. The van der Waals surface area contributed by atoms with Crippen molar-refractivity contribution < 1.29 is 18.0 Å². The van der Waals surface area contributed by atoms with Gasteiger partial charge in [-0.15, -0.1) is 11.3 Å². The van der Waals surface area contributed by atoms with E-state index in [0.717, 1.165) is 22.6 Å². The summed E-state index contributed by atoms with van der Waals surface area (Å²) in [6, 6.07) is 0.828.